The van der Waals surface area contributed by atoms with Crippen LogP contribution < -0.4 is 10.8 Å². The minimum Gasteiger partial charge on any atom is -0.322 e. The van der Waals surface area contributed by atoms with Crippen molar-refractivity contribution in [2.75, 3.05) is 5.32 Å². The lowest BCUT2D eigenvalue weighted by atomic mass is 9.90. The quantitative estimate of drug-likeness (QED) is 0.370. The van der Waals surface area contributed by atoms with Gasteiger partial charge in [-0.3, -0.25) is 14.8 Å². The first-order valence-electron chi connectivity index (χ1n) is 10.1. The fraction of sp³-hybridized carbons (Fsp3) is 0.200. The molecule has 0 aliphatic rings. The summed E-state index contributed by atoms with van der Waals surface area (Å²) in [5.74, 6) is -1.30. The standard InChI is InChI=1S/C25H26N2O3/c1-2-3-9-18-10-7-8-13-22(18)24(28)26-21-16-14-20(15-17-21)23(25(29)27-30)19-11-5-4-6-12-19/h4-8,10-17,23,30H,2-3,9H2,1H3,(H,26,28)(H,27,29). The van der Waals surface area contributed by atoms with Crippen LogP contribution in [0.3, 0.4) is 0 Å². The minimum atomic E-state index is -0.643. The van der Waals surface area contributed by atoms with Gasteiger partial charge in [0.05, 0.1) is 5.92 Å². The van der Waals surface area contributed by atoms with Gasteiger partial charge in [0, 0.05) is 11.3 Å². The molecule has 0 saturated heterocycles. The smallest absolute Gasteiger partial charge is 0.255 e. The highest BCUT2D eigenvalue weighted by Crippen LogP contribution is 2.26. The number of amides is 2. The molecule has 5 nitrogen and oxygen atoms in total. The number of anilines is 1. The molecule has 0 radical (unpaired) electrons. The highest BCUT2D eigenvalue weighted by Gasteiger charge is 2.22. The molecule has 0 aliphatic heterocycles. The predicted molar refractivity (Wildman–Crippen MR) is 118 cm³/mol. The molecule has 1 atom stereocenters. The number of benzene rings is 3. The van der Waals surface area contributed by atoms with E-state index in [-0.39, 0.29) is 5.91 Å². The van der Waals surface area contributed by atoms with E-state index in [9.17, 15) is 9.59 Å². The molecule has 5 heteroatoms. The Labute approximate surface area is 176 Å². The van der Waals surface area contributed by atoms with Crippen LogP contribution in [-0.2, 0) is 11.2 Å². The normalized spacial score (nSPS) is 11.5. The highest BCUT2D eigenvalue weighted by molar-refractivity contribution is 6.05. The lowest BCUT2D eigenvalue weighted by Gasteiger charge is -2.16. The van der Waals surface area contributed by atoms with Crippen LogP contribution in [0.15, 0.2) is 78.9 Å². The zero-order chi connectivity index (χ0) is 21.3. The molecule has 0 saturated carbocycles. The van der Waals surface area contributed by atoms with Crippen LogP contribution in [0.25, 0.3) is 0 Å². The Morgan fingerprint density at radius 2 is 1.50 bits per heavy atom. The van der Waals surface area contributed by atoms with Crippen LogP contribution in [0, 0.1) is 0 Å². The number of unbranched alkanes of at least 4 members (excludes halogenated alkanes) is 1. The second-order valence-corrected chi connectivity index (χ2v) is 7.16. The van der Waals surface area contributed by atoms with Crippen molar-refractivity contribution in [2.45, 2.75) is 32.1 Å². The van der Waals surface area contributed by atoms with E-state index in [1.54, 1.807) is 29.7 Å². The van der Waals surface area contributed by atoms with Crippen molar-refractivity contribution in [3.8, 4) is 0 Å². The third-order valence-corrected chi connectivity index (χ3v) is 5.07. The maximum atomic E-state index is 12.8. The summed E-state index contributed by atoms with van der Waals surface area (Å²) in [5, 5.41) is 12.1. The summed E-state index contributed by atoms with van der Waals surface area (Å²) in [6.07, 6.45) is 2.97. The first-order valence-corrected chi connectivity index (χ1v) is 10.1. The molecule has 3 aromatic carbocycles. The van der Waals surface area contributed by atoms with E-state index < -0.39 is 11.8 Å². The summed E-state index contributed by atoms with van der Waals surface area (Å²) in [6.45, 7) is 2.13. The van der Waals surface area contributed by atoms with Crippen molar-refractivity contribution in [3.63, 3.8) is 0 Å². The number of carbonyl (C=O) groups excluding carboxylic acids is 2. The van der Waals surface area contributed by atoms with Gasteiger partial charge in [-0.1, -0.05) is 74.0 Å². The summed E-state index contributed by atoms with van der Waals surface area (Å²) >= 11 is 0. The summed E-state index contributed by atoms with van der Waals surface area (Å²) in [7, 11) is 0. The van der Waals surface area contributed by atoms with Crippen molar-refractivity contribution in [1.29, 1.82) is 0 Å². The summed E-state index contributed by atoms with van der Waals surface area (Å²) < 4.78 is 0. The maximum absolute atomic E-state index is 12.8. The fourth-order valence-electron chi connectivity index (χ4n) is 3.49. The average molecular weight is 402 g/mol. The van der Waals surface area contributed by atoms with Gasteiger partial charge in [-0.2, -0.15) is 0 Å². The molecule has 30 heavy (non-hydrogen) atoms. The number of rotatable bonds is 8. The Kier molecular flexibility index (Phi) is 7.35. The molecule has 0 bridgehead atoms. The summed E-state index contributed by atoms with van der Waals surface area (Å²) in [6, 6.07) is 24.0. The third-order valence-electron chi connectivity index (χ3n) is 5.07. The first kappa shape index (κ1) is 21.3. The Hall–Kier alpha value is -3.44. The number of aryl methyl sites for hydroxylation is 1. The van der Waals surface area contributed by atoms with Gasteiger partial charge < -0.3 is 5.32 Å². The van der Waals surface area contributed by atoms with Gasteiger partial charge >= 0.3 is 0 Å². The molecule has 1 unspecified atom stereocenters. The fourth-order valence-corrected chi connectivity index (χ4v) is 3.49. The van der Waals surface area contributed by atoms with Gasteiger partial charge in [0.1, 0.15) is 0 Å². The Morgan fingerprint density at radius 1 is 0.867 bits per heavy atom. The zero-order valence-electron chi connectivity index (χ0n) is 17.0. The molecule has 0 heterocycles. The molecule has 0 aromatic heterocycles. The number of hydroxylamine groups is 1. The van der Waals surface area contributed by atoms with Crippen molar-refractivity contribution in [3.05, 3.63) is 101 Å². The van der Waals surface area contributed by atoms with E-state index in [0.29, 0.717) is 16.8 Å². The summed E-state index contributed by atoms with van der Waals surface area (Å²) in [5.41, 5.74) is 5.59. The SMILES string of the molecule is CCCCc1ccccc1C(=O)Nc1ccc(C(C(=O)NO)c2ccccc2)cc1. The monoisotopic (exact) mass is 402 g/mol. The topological polar surface area (TPSA) is 78.4 Å². The Morgan fingerprint density at radius 3 is 2.17 bits per heavy atom. The molecule has 3 aromatic rings. The van der Waals surface area contributed by atoms with E-state index >= 15 is 0 Å². The minimum absolute atomic E-state index is 0.151. The second kappa shape index (κ2) is 10.4. The van der Waals surface area contributed by atoms with Gasteiger partial charge in [-0.15, -0.1) is 0 Å². The van der Waals surface area contributed by atoms with Crippen molar-refractivity contribution in [2.24, 2.45) is 0 Å². The molecule has 154 valence electrons. The maximum Gasteiger partial charge on any atom is 0.255 e. The molecule has 2 amide bonds. The van der Waals surface area contributed by atoms with Crippen LogP contribution in [0.2, 0.25) is 0 Å². The number of hydrogen-bond acceptors (Lipinski definition) is 3. The predicted octanol–water partition coefficient (Wildman–Crippen LogP) is 4.92. The number of nitrogens with one attached hydrogen (secondary N) is 2. The van der Waals surface area contributed by atoms with Crippen LogP contribution in [-0.4, -0.2) is 17.0 Å². The highest BCUT2D eigenvalue weighted by atomic mass is 16.5. The van der Waals surface area contributed by atoms with Gasteiger partial charge in [0.25, 0.3) is 11.8 Å². The van der Waals surface area contributed by atoms with E-state index in [4.69, 9.17) is 5.21 Å². The molecular weight excluding hydrogens is 376 g/mol. The lowest BCUT2D eigenvalue weighted by molar-refractivity contribution is -0.129. The molecule has 3 rings (SSSR count). The van der Waals surface area contributed by atoms with Crippen LogP contribution >= 0.6 is 0 Å². The van der Waals surface area contributed by atoms with Crippen molar-refractivity contribution in [1.82, 2.24) is 5.48 Å². The zero-order valence-corrected chi connectivity index (χ0v) is 17.0. The molecule has 3 N–H and O–H groups in total. The van der Waals surface area contributed by atoms with Crippen molar-refractivity contribution < 1.29 is 14.8 Å². The number of carbonyl (C=O) groups is 2. The van der Waals surface area contributed by atoms with E-state index in [2.05, 4.69) is 12.2 Å². The molecule has 0 spiro atoms. The van der Waals surface area contributed by atoms with E-state index in [1.165, 1.54) is 0 Å². The van der Waals surface area contributed by atoms with Crippen LogP contribution in [0.5, 0.6) is 0 Å². The number of hydrogen-bond donors (Lipinski definition) is 3. The average Bonchev–Trinajstić information content (AvgIpc) is 2.79. The van der Waals surface area contributed by atoms with Crippen LogP contribution in [0.1, 0.15) is 52.7 Å². The molecule has 0 aliphatic carbocycles. The third kappa shape index (κ3) is 5.13. The summed E-state index contributed by atoms with van der Waals surface area (Å²) in [4.78, 5) is 25.0. The Bertz CT molecular complexity index is 985. The first-order chi connectivity index (χ1) is 14.6. The van der Waals surface area contributed by atoms with Crippen molar-refractivity contribution >= 4 is 17.5 Å². The van der Waals surface area contributed by atoms with E-state index in [1.807, 2.05) is 54.6 Å². The molecular formula is C25H26N2O3. The largest absolute Gasteiger partial charge is 0.322 e. The van der Waals surface area contributed by atoms with Gasteiger partial charge in [-0.05, 0) is 47.7 Å². The van der Waals surface area contributed by atoms with Gasteiger partial charge in [0.2, 0.25) is 0 Å². The Balaban J connectivity index is 1.79. The van der Waals surface area contributed by atoms with Crippen LogP contribution in [0.4, 0.5) is 5.69 Å². The molecule has 0 fully saturated rings. The van der Waals surface area contributed by atoms with E-state index in [0.717, 1.165) is 30.4 Å². The van der Waals surface area contributed by atoms with Gasteiger partial charge in [0.15, 0.2) is 0 Å². The van der Waals surface area contributed by atoms with Gasteiger partial charge in [-0.25, -0.2) is 5.48 Å². The lowest BCUT2D eigenvalue weighted by Crippen LogP contribution is -2.27. The second-order valence-electron chi connectivity index (χ2n) is 7.16.